The van der Waals surface area contributed by atoms with E-state index in [1.54, 1.807) is 0 Å². The molecule has 0 aliphatic heterocycles. The number of benzene rings is 1. The molecule has 2 aromatic rings. The van der Waals surface area contributed by atoms with E-state index in [9.17, 15) is 8.78 Å². The molecule has 0 spiro atoms. The number of para-hydroxylation sites is 1. The standard InChI is InChI=1S/C13H14F2N2/c14-13(15)6-12(7-13,8-16)10-3-1-2-9-4-5-17-11(9)10/h1-5,17H,6-8,16H2. The van der Waals surface area contributed by atoms with E-state index in [1.165, 1.54) is 0 Å². The molecule has 0 atom stereocenters. The smallest absolute Gasteiger partial charge is 0.250 e. The van der Waals surface area contributed by atoms with Crippen LogP contribution in [0.5, 0.6) is 0 Å². The second kappa shape index (κ2) is 3.29. The van der Waals surface area contributed by atoms with Gasteiger partial charge in [-0.3, -0.25) is 0 Å². The van der Waals surface area contributed by atoms with E-state index < -0.39 is 11.3 Å². The van der Waals surface area contributed by atoms with Crippen LogP contribution in [0.25, 0.3) is 10.9 Å². The van der Waals surface area contributed by atoms with Crippen molar-refractivity contribution in [3.63, 3.8) is 0 Å². The van der Waals surface area contributed by atoms with Gasteiger partial charge in [-0.2, -0.15) is 0 Å². The molecule has 17 heavy (non-hydrogen) atoms. The molecule has 3 N–H and O–H groups in total. The van der Waals surface area contributed by atoms with Gasteiger partial charge in [0, 0.05) is 36.5 Å². The van der Waals surface area contributed by atoms with Gasteiger partial charge in [0.2, 0.25) is 5.92 Å². The van der Waals surface area contributed by atoms with Gasteiger partial charge < -0.3 is 10.7 Å². The zero-order valence-electron chi connectivity index (χ0n) is 9.34. The second-order valence-corrected chi connectivity index (χ2v) is 4.94. The third-order valence-electron chi connectivity index (χ3n) is 3.74. The third-order valence-corrected chi connectivity index (χ3v) is 3.74. The number of hydrogen-bond acceptors (Lipinski definition) is 1. The molecular formula is C13H14F2N2. The van der Waals surface area contributed by atoms with Crippen molar-refractivity contribution >= 4 is 10.9 Å². The Balaban J connectivity index is 2.12. The predicted octanol–water partition coefficient (Wildman–Crippen LogP) is 2.79. The summed E-state index contributed by atoms with van der Waals surface area (Å²) in [6.45, 7) is 0.265. The maximum Gasteiger partial charge on any atom is 0.250 e. The van der Waals surface area contributed by atoms with E-state index in [-0.39, 0.29) is 19.4 Å². The van der Waals surface area contributed by atoms with Crippen LogP contribution in [-0.2, 0) is 5.41 Å². The number of fused-ring (bicyclic) bond motifs is 1. The number of H-pyrrole nitrogens is 1. The Kier molecular flexibility index (Phi) is 2.08. The van der Waals surface area contributed by atoms with Crippen LogP contribution < -0.4 is 5.73 Å². The Bertz CT molecular complexity index is 551. The molecule has 0 unspecified atom stereocenters. The number of nitrogens with two attached hydrogens (primary N) is 1. The van der Waals surface area contributed by atoms with Gasteiger partial charge in [-0.15, -0.1) is 0 Å². The molecule has 4 heteroatoms. The lowest BCUT2D eigenvalue weighted by Crippen LogP contribution is -2.53. The third kappa shape index (κ3) is 1.47. The summed E-state index contributed by atoms with van der Waals surface area (Å²) >= 11 is 0. The van der Waals surface area contributed by atoms with E-state index >= 15 is 0 Å². The van der Waals surface area contributed by atoms with Crippen LogP contribution in [0.2, 0.25) is 0 Å². The molecule has 0 saturated heterocycles. The molecular weight excluding hydrogens is 222 g/mol. The first-order valence-corrected chi connectivity index (χ1v) is 5.71. The number of nitrogens with one attached hydrogen (secondary N) is 1. The van der Waals surface area contributed by atoms with Crippen molar-refractivity contribution in [2.24, 2.45) is 5.73 Å². The van der Waals surface area contributed by atoms with Crippen LogP contribution in [0.1, 0.15) is 18.4 Å². The molecule has 1 fully saturated rings. The molecule has 2 nitrogen and oxygen atoms in total. The average molecular weight is 236 g/mol. The van der Waals surface area contributed by atoms with Crippen LogP contribution in [0.4, 0.5) is 8.78 Å². The summed E-state index contributed by atoms with van der Waals surface area (Å²) < 4.78 is 26.3. The summed E-state index contributed by atoms with van der Waals surface area (Å²) in [7, 11) is 0. The van der Waals surface area contributed by atoms with Crippen LogP contribution in [-0.4, -0.2) is 17.5 Å². The molecule has 1 aliphatic carbocycles. The summed E-state index contributed by atoms with van der Waals surface area (Å²) in [5.41, 5.74) is 7.04. The van der Waals surface area contributed by atoms with Crippen LogP contribution in [0, 0.1) is 0 Å². The quantitative estimate of drug-likeness (QED) is 0.827. The highest BCUT2D eigenvalue weighted by molar-refractivity contribution is 5.83. The highest BCUT2D eigenvalue weighted by Crippen LogP contribution is 2.53. The van der Waals surface area contributed by atoms with Crippen molar-refractivity contribution in [1.29, 1.82) is 0 Å². The predicted molar refractivity (Wildman–Crippen MR) is 63.2 cm³/mol. The van der Waals surface area contributed by atoms with E-state index in [0.29, 0.717) is 0 Å². The average Bonchev–Trinajstić information content (AvgIpc) is 2.72. The number of alkyl halides is 2. The normalized spacial score (nSPS) is 21.4. The Morgan fingerprint density at radius 1 is 1.24 bits per heavy atom. The van der Waals surface area contributed by atoms with Gasteiger partial charge in [-0.1, -0.05) is 18.2 Å². The van der Waals surface area contributed by atoms with E-state index in [4.69, 9.17) is 5.73 Å². The van der Waals surface area contributed by atoms with Crippen molar-refractivity contribution in [2.75, 3.05) is 6.54 Å². The van der Waals surface area contributed by atoms with Crippen LogP contribution in [0.15, 0.2) is 30.5 Å². The zero-order valence-corrected chi connectivity index (χ0v) is 9.34. The van der Waals surface area contributed by atoms with Gasteiger partial charge in [0.1, 0.15) is 0 Å². The Morgan fingerprint density at radius 3 is 2.65 bits per heavy atom. The van der Waals surface area contributed by atoms with Gasteiger partial charge >= 0.3 is 0 Å². The molecule has 90 valence electrons. The molecule has 1 heterocycles. The molecule has 3 rings (SSSR count). The lowest BCUT2D eigenvalue weighted by atomic mass is 9.62. The molecule has 1 saturated carbocycles. The number of aromatic nitrogens is 1. The molecule has 0 amide bonds. The van der Waals surface area contributed by atoms with Crippen LogP contribution in [0.3, 0.4) is 0 Å². The van der Waals surface area contributed by atoms with Crippen molar-refractivity contribution in [1.82, 2.24) is 4.98 Å². The summed E-state index contributed by atoms with van der Waals surface area (Å²) in [4.78, 5) is 3.12. The maximum absolute atomic E-state index is 13.2. The summed E-state index contributed by atoms with van der Waals surface area (Å²) in [5.74, 6) is -2.56. The van der Waals surface area contributed by atoms with E-state index in [2.05, 4.69) is 4.98 Å². The number of rotatable bonds is 2. The van der Waals surface area contributed by atoms with Crippen molar-refractivity contribution in [3.8, 4) is 0 Å². The fraction of sp³-hybridized carbons (Fsp3) is 0.385. The Morgan fingerprint density at radius 2 is 2.00 bits per heavy atom. The minimum absolute atomic E-state index is 0.144. The largest absolute Gasteiger partial charge is 0.361 e. The minimum Gasteiger partial charge on any atom is -0.361 e. The second-order valence-electron chi connectivity index (χ2n) is 4.94. The lowest BCUT2D eigenvalue weighted by molar-refractivity contribution is -0.123. The number of hydrogen-bond donors (Lipinski definition) is 2. The monoisotopic (exact) mass is 236 g/mol. The first-order chi connectivity index (χ1) is 8.06. The lowest BCUT2D eigenvalue weighted by Gasteiger charge is -2.47. The van der Waals surface area contributed by atoms with Crippen molar-refractivity contribution in [2.45, 2.75) is 24.2 Å². The first-order valence-electron chi connectivity index (χ1n) is 5.71. The molecule has 1 aliphatic rings. The van der Waals surface area contributed by atoms with E-state index in [0.717, 1.165) is 16.5 Å². The van der Waals surface area contributed by atoms with Gasteiger partial charge in [-0.25, -0.2) is 8.78 Å². The molecule has 0 bridgehead atoms. The zero-order chi connectivity index (χ0) is 12.1. The van der Waals surface area contributed by atoms with Gasteiger partial charge in [-0.05, 0) is 17.0 Å². The fourth-order valence-electron chi connectivity index (χ4n) is 2.91. The summed E-state index contributed by atoms with van der Waals surface area (Å²) in [5, 5.41) is 1.05. The minimum atomic E-state index is -2.56. The Hall–Kier alpha value is -1.42. The van der Waals surface area contributed by atoms with Gasteiger partial charge in [0.15, 0.2) is 0 Å². The molecule has 1 aromatic heterocycles. The van der Waals surface area contributed by atoms with Crippen LogP contribution >= 0.6 is 0 Å². The number of halogens is 2. The fourth-order valence-corrected chi connectivity index (χ4v) is 2.91. The topological polar surface area (TPSA) is 41.8 Å². The van der Waals surface area contributed by atoms with Crippen molar-refractivity contribution in [3.05, 3.63) is 36.0 Å². The maximum atomic E-state index is 13.2. The highest BCUT2D eigenvalue weighted by atomic mass is 19.3. The first kappa shape index (κ1) is 10.7. The van der Waals surface area contributed by atoms with E-state index in [1.807, 2.05) is 30.5 Å². The summed E-state index contributed by atoms with van der Waals surface area (Å²) in [6, 6.07) is 7.72. The van der Waals surface area contributed by atoms with Crippen molar-refractivity contribution < 1.29 is 8.78 Å². The van der Waals surface area contributed by atoms with Gasteiger partial charge in [0.05, 0.1) is 0 Å². The number of aromatic amines is 1. The van der Waals surface area contributed by atoms with Gasteiger partial charge in [0.25, 0.3) is 0 Å². The molecule has 0 radical (unpaired) electrons. The molecule has 1 aromatic carbocycles. The Labute approximate surface area is 97.8 Å². The highest BCUT2D eigenvalue weighted by Gasteiger charge is 2.57. The summed E-state index contributed by atoms with van der Waals surface area (Å²) in [6.07, 6.45) is 1.54. The SMILES string of the molecule is NCC1(c2cccc3cc[nH]c23)CC(F)(F)C1.